The molecule has 21 heavy (non-hydrogen) atoms. The first-order valence-corrected chi connectivity index (χ1v) is 8.08. The molecule has 0 aliphatic heterocycles. The molecule has 0 spiro atoms. The molecule has 2 aromatic heterocycles. The second-order valence-electron chi connectivity index (χ2n) is 5.12. The molecule has 0 saturated carbocycles. The van der Waals surface area contributed by atoms with Crippen LogP contribution in [0.5, 0.6) is 0 Å². The number of rotatable bonds is 5. The van der Waals surface area contributed by atoms with Gasteiger partial charge in [0.1, 0.15) is 0 Å². The van der Waals surface area contributed by atoms with Gasteiger partial charge in [-0.2, -0.15) is 0 Å². The van der Waals surface area contributed by atoms with E-state index in [4.69, 9.17) is 4.98 Å². The van der Waals surface area contributed by atoms with E-state index in [-0.39, 0.29) is 6.04 Å². The molecule has 3 rings (SSSR count). The highest BCUT2D eigenvalue weighted by Crippen LogP contribution is 2.27. The van der Waals surface area contributed by atoms with Crippen molar-refractivity contribution in [3.63, 3.8) is 0 Å². The lowest BCUT2D eigenvalue weighted by Crippen LogP contribution is -2.23. The topological polar surface area (TPSA) is 37.8 Å². The molecular formula is C17H19N3S. The van der Waals surface area contributed by atoms with Crippen LogP contribution < -0.4 is 5.32 Å². The molecule has 0 aliphatic rings. The zero-order valence-electron chi connectivity index (χ0n) is 12.3. The van der Waals surface area contributed by atoms with E-state index >= 15 is 0 Å². The summed E-state index contributed by atoms with van der Waals surface area (Å²) in [4.78, 5) is 9.02. The van der Waals surface area contributed by atoms with Crippen LogP contribution in [0.4, 0.5) is 0 Å². The highest BCUT2D eigenvalue weighted by atomic mass is 32.1. The lowest BCUT2D eigenvalue weighted by atomic mass is 10.0. The van der Waals surface area contributed by atoms with Crippen molar-refractivity contribution in [2.75, 3.05) is 6.54 Å². The zero-order chi connectivity index (χ0) is 14.7. The molecule has 1 N–H and O–H groups in total. The van der Waals surface area contributed by atoms with Crippen molar-refractivity contribution in [2.45, 2.75) is 26.3 Å². The van der Waals surface area contributed by atoms with Gasteiger partial charge in [-0.3, -0.25) is 4.98 Å². The normalized spacial score (nSPS) is 12.7. The van der Waals surface area contributed by atoms with Crippen molar-refractivity contribution in [1.29, 1.82) is 0 Å². The molecular weight excluding hydrogens is 278 g/mol. The van der Waals surface area contributed by atoms with E-state index in [1.54, 1.807) is 11.3 Å². The molecule has 0 radical (unpaired) electrons. The summed E-state index contributed by atoms with van der Waals surface area (Å²) in [5.74, 6) is 0. The summed E-state index contributed by atoms with van der Waals surface area (Å²) in [7, 11) is 0. The third-order valence-corrected chi connectivity index (χ3v) is 4.68. The van der Waals surface area contributed by atoms with Gasteiger partial charge < -0.3 is 5.32 Å². The predicted molar refractivity (Wildman–Crippen MR) is 88.7 cm³/mol. The van der Waals surface area contributed by atoms with Gasteiger partial charge in [-0.1, -0.05) is 19.1 Å². The van der Waals surface area contributed by atoms with Crippen LogP contribution >= 0.6 is 11.3 Å². The fourth-order valence-corrected chi connectivity index (χ4v) is 3.57. The summed E-state index contributed by atoms with van der Waals surface area (Å²) in [6.07, 6.45) is 4.72. The largest absolute Gasteiger partial charge is 0.310 e. The molecule has 0 bridgehead atoms. The number of hydrogen-bond acceptors (Lipinski definition) is 4. The molecule has 1 atom stereocenters. The maximum Gasteiger partial charge on any atom is 0.0957 e. The van der Waals surface area contributed by atoms with E-state index in [1.807, 2.05) is 18.5 Å². The summed E-state index contributed by atoms with van der Waals surface area (Å²) < 4.78 is 1.26. The fraction of sp³-hybridized carbons (Fsp3) is 0.294. The molecule has 3 aromatic rings. The minimum absolute atomic E-state index is 0.268. The minimum atomic E-state index is 0.268. The van der Waals surface area contributed by atoms with Crippen LogP contribution in [0.2, 0.25) is 0 Å². The predicted octanol–water partition coefficient (Wildman–Crippen LogP) is 3.89. The van der Waals surface area contributed by atoms with Crippen LogP contribution in [0.15, 0.2) is 42.7 Å². The summed E-state index contributed by atoms with van der Waals surface area (Å²) in [6.45, 7) is 5.21. The zero-order valence-corrected chi connectivity index (χ0v) is 13.2. The molecule has 3 nitrogen and oxygen atoms in total. The average Bonchev–Trinajstić information content (AvgIpc) is 2.89. The van der Waals surface area contributed by atoms with Gasteiger partial charge in [0.05, 0.1) is 15.2 Å². The monoisotopic (exact) mass is 297 g/mol. The highest BCUT2D eigenvalue weighted by molar-refractivity contribution is 7.18. The van der Waals surface area contributed by atoms with E-state index < -0.39 is 0 Å². The molecule has 0 aliphatic carbocycles. The average molecular weight is 297 g/mol. The number of thiazole rings is 1. The highest BCUT2D eigenvalue weighted by Gasteiger charge is 2.16. The number of nitrogens with zero attached hydrogens (tertiary/aromatic N) is 2. The lowest BCUT2D eigenvalue weighted by Gasteiger charge is -2.18. The number of fused-ring (bicyclic) bond motifs is 1. The minimum Gasteiger partial charge on any atom is -0.310 e. The number of aryl methyl sites for hydroxylation is 1. The van der Waals surface area contributed by atoms with Crippen molar-refractivity contribution in [3.05, 3.63) is 58.9 Å². The third kappa shape index (κ3) is 3.12. The Morgan fingerprint density at radius 2 is 2.10 bits per heavy atom. The molecule has 2 heterocycles. The van der Waals surface area contributed by atoms with Gasteiger partial charge >= 0.3 is 0 Å². The van der Waals surface area contributed by atoms with E-state index in [9.17, 15) is 0 Å². The second kappa shape index (κ2) is 6.33. The van der Waals surface area contributed by atoms with Gasteiger partial charge in [-0.05, 0) is 42.8 Å². The van der Waals surface area contributed by atoms with Crippen molar-refractivity contribution in [2.24, 2.45) is 0 Å². The maximum atomic E-state index is 4.75. The smallest absolute Gasteiger partial charge is 0.0957 e. The van der Waals surface area contributed by atoms with E-state index in [0.717, 1.165) is 18.5 Å². The number of aromatic nitrogens is 2. The Kier molecular flexibility index (Phi) is 4.27. The van der Waals surface area contributed by atoms with Gasteiger partial charge in [0, 0.05) is 24.9 Å². The number of para-hydroxylation sites is 1. The van der Waals surface area contributed by atoms with Crippen molar-refractivity contribution in [3.8, 4) is 0 Å². The molecule has 0 saturated heterocycles. The first-order valence-electron chi connectivity index (χ1n) is 7.26. The lowest BCUT2D eigenvalue weighted by molar-refractivity contribution is 0.545. The van der Waals surface area contributed by atoms with Crippen LogP contribution in [0.1, 0.15) is 29.1 Å². The summed E-state index contributed by atoms with van der Waals surface area (Å²) in [5, 5.41) is 4.73. The van der Waals surface area contributed by atoms with Crippen LogP contribution in [-0.4, -0.2) is 16.5 Å². The van der Waals surface area contributed by atoms with Crippen LogP contribution in [-0.2, 0) is 6.42 Å². The Morgan fingerprint density at radius 3 is 2.86 bits per heavy atom. The molecule has 1 aromatic carbocycles. The van der Waals surface area contributed by atoms with Crippen molar-refractivity contribution in [1.82, 2.24) is 15.3 Å². The van der Waals surface area contributed by atoms with Gasteiger partial charge in [-0.25, -0.2) is 4.98 Å². The fourth-order valence-electron chi connectivity index (χ4n) is 2.56. The Labute approximate surface area is 129 Å². The molecule has 1 unspecified atom stereocenters. The third-order valence-electron chi connectivity index (χ3n) is 3.62. The van der Waals surface area contributed by atoms with E-state index in [1.165, 1.54) is 20.8 Å². The molecule has 0 amide bonds. The van der Waals surface area contributed by atoms with Crippen molar-refractivity contribution < 1.29 is 0 Å². The van der Waals surface area contributed by atoms with Gasteiger partial charge in [0.15, 0.2) is 0 Å². The van der Waals surface area contributed by atoms with Gasteiger partial charge in [0.2, 0.25) is 0 Å². The van der Waals surface area contributed by atoms with E-state index in [0.29, 0.717) is 0 Å². The van der Waals surface area contributed by atoms with Crippen LogP contribution in [0, 0.1) is 6.92 Å². The number of nitrogens with one attached hydrogen (secondary N) is 1. The second-order valence-corrected chi connectivity index (χ2v) is 6.24. The van der Waals surface area contributed by atoms with E-state index in [2.05, 4.69) is 48.4 Å². The summed E-state index contributed by atoms with van der Waals surface area (Å²) in [5.41, 5.74) is 3.63. The van der Waals surface area contributed by atoms with Gasteiger partial charge in [-0.15, -0.1) is 11.3 Å². The van der Waals surface area contributed by atoms with Crippen LogP contribution in [0.25, 0.3) is 10.2 Å². The Hall–Kier alpha value is -1.78. The number of hydrogen-bond donors (Lipinski definition) is 1. The van der Waals surface area contributed by atoms with Crippen molar-refractivity contribution >= 4 is 21.6 Å². The maximum absolute atomic E-state index is 4.75. The summed E-state index contributed by atoms with van der Waals surface area (Å²) in [6, 6.07) is 10.7. The SMILES string of the molecule is CCNC(Cc1nc2ccccc2s1)c1cnccc1C. The Morgan fingerprint density at radius 1 is 1.24 bits per heavy atom. The Bertz CT molecular complexity index is 702. The summed E-state index contributed by atoms with van der Waals surface area (Å²) >= 11 is 1.78. The van der Waals surface area contributed by atoms with Gasteiger partial charge in [0.25, 0.3) is 0 Å². The standard InChI is InChI=1S/C17H19N3S/c1-3-19-15(13-11-18-9-8-12(13)2)10-17-20-14-6-4-5-7-16(14)21-17/h4-9,11,15,19H,3,10H2,1-2H3. The molecule has 0 fully saturated rings. The molecule has 108 valence electrons. The molecule has 4 heteroatoms. The number of benzene rings is 1. The number of likely N-dealkylation sites (N-methyl/N-ethyl adjacent to an activating group) is 1. The quantitative estimate of drug-likeness (QED) is 0.776. The first-order chi connectivity index (χ1) is 10.3. The van der Waals surface area contributed by atoms with Crippen LogP contribution in [0.3, 0.4) is 0 Å². The first kappa shape index (κ1) is 14.2. The Balaban J connectivity index is 1.90. The number of pyridine rings is 1.